The van der Waals surface area contributed by atoms with Crippen LogP contribution in [0.3, 0.4) is 0 Å². The molecule has 0 heterocycles. The van der Waals surface area contributed by atoms with Crippen LogP contribution in [0.5, 0.6) is 5.75 Å². The molecular formula is C20H27ClN2O2. The second-order valence-electron chi connectivity index (χ2n) is 5.85. The van der Waals surface area contributed by atoms with Gasteiger partial charge < -0.3 is 15.4 Å². The zero-order chi connectivity index (χ0) is 17.2. The number of hydrogen-bond donors (Lipinski definition) is 2. The summed E-state index contributed by atoms with van der Waals surface area (Å²) in [6, 6.07) is 15.9. The highest BCUT2D eigenvalue weighted by Gasteiger charge is 2.05. The first-order chi connectivity index (χ1) is 11.7. The molecule has 2 aromatic carbocycles. The fraction of sp³-hybridized carbons (Fsp3) is 0.350. The average Bonchev–Trinajstić information content (AvgIpc) is 2.58. The van der Waals surface area contributed by atoms with E-state index in [1.165, 1.54) is 11.1 Å². The van der Waals surface area contributed by atoms with Gasteiger partial charge in [0.05, 0.1) is 6.42 Å². The van der Waals surface area contributed by atoms with E-state index in [0.29, 0.717) is 19.6 Å². The molecule has 4 nitrogen and oxygen atoms in total. The SMILES string of the molecule is CNCCCNC(=O)Cc1cccc(OCc2ccccc2C)c1.Cl. The van der Waals surface area contributed by atoms with Crippen LogP contribution in [0.1, 0.15) is 23.1 Å². The lowest BCUT2D eigenvalue weighted by atomic mass is 10.1. The first-order valence-corrected chi connectivity index (χ1v) is 8.36. The van der Waals surface area contributed by atoms with E-state index in [1.807, 2.05) is 43.4 Å². The van der Waals surface area contributed by atoms with Gasteiger partial charge in [0.2, 0.25) is 5.91 Å². The lowest BCUT2D eigenvalue weighted by Gasteiger charge is -2.10. The Bertz CT molecular complexity index is 662. The number of amides is 1. The third-order valence-corrected chi connectivity index (χ3v) is 3.84. The van der Waals surface area contributed by atoms with Gasteiger partial charge in [-0.2, -0.15) is 0 Å². The van der Waals surface area contributed by atoms with Gasteiger partial charge in [-0.05, 0) is 55.8 Å². The number of nitrogens with one attached hydrogen (secondary N) is 2. The smallest absolute Gasteiger partial charge is 0.224 e. The Morgan fingerprint density at radius 1 is 1.08 bits per heavy atom. The van der Waals surface area contributed by atoms with Crippen molar-refractivity contribution in [1.29, 1.82) is 0 Å². The highest BCUT2D eigenvalue weighted by molar-refractivity contribution is 5.85. The summed E-state index contributed by atoms with van der Waals surface area (Å²) in [4.78, 5) is 11.9. The minimum absolute atomic E-state index is 0. The van der Waals surface area contributed by atoms with Crippen molar-refractivity contribution in [3.05, 3.63) is 65.2 Å². The first-order valence-electron chi connectivity index (χ1n) is 8.36. The molecule has 0 aliphatic rings. The Labute approximate surface area is 156 Å². The molecule has 2 rings (SSSR count). The van der Waals surface area contributed by atoms with Crippen LogP contribution in [-0.2, 0) is 17.8 Å². The number of carbonyl (C=O) groups excluding carboxylic acids is 1. The maximum atomic E-state index is 11.9. The van der Waals surface area contributed by atoms with Gasteiger partial charge in [-0.25, -0.2) is 0 Å². The zero-order valence-electron chi connectivity index (χ0n) is 14.9. The maximum absolute atomic E-state index is 11.9. The zero-order valence-corrected chi connectivity index (χ0v) is 15.7. The number of carbonyl (C=O) groups is 1. The van der Waals surface area contributed by atoms with Crippen LogP contribution in [0.15, 0.2) is 48.5 Å². The van der Waals surface area contributed by atoms with E-state index < -0.39 is 0 Å². The molecule has 0 saturated heterocycles. The van der Waals surface area contributed by atoms with Crippen LogP contribution >= 0.6 is 12.4 Å². The van der Waals surface area contributed by atoms with Crippen LogP contribution in [0.4, 0.5) is 0 Å². The van der Waals surface area contributed by atoms with Gasteiger partial charge in [0.25, 0.3) is 0 Å². The summed E-state index contributed by atoms with van der Waals surface area (Å²) in [6.07, 6.45) is 1.31. The number of hydrogen-bond acceptors (Lipinski definition) is 3. The molecule has 136 valence electrons. The molecule has 25 heavy (non-hydrogen) atoms. The predicted octanol–water partition coefficient (Wildman–Crippen LogP) is 3.26. The number of benzene rings is 2. The molecule has 0 aliphatic carbocycles. The lowest BCUT2D eigenvalue weighted by Crippen LogP contribution is -2.27. The molecule has 5 heteroatoms. The predicted molar refractivity (Wildman–Crippen MR) is 104 cm³/mol. The summed E-state index contributed by atoms with van der Waals surface area (Å²) in [5, 5.41) is 5.99. The van der Waals surface area contributed by atoms with E-state index in [1.54, 1.807) is 0 Å². The summed E-state index contributed by atoms with van der Waals surface area (Å²) >= 11 is 0. The lowest BCUT2D eigenvalue weighted by molar-refractivity contribution is -0.120. The third kappa shape index (κ3) is 7.59. The highest BCUT2D eigenvalue weighted by Crippen LogP contribution is 2.17. The topological polar surface area (TPSA) is 50.4 Å². The van der Waals surface area contributed by atoms with Gasteiger partial charge in [-0.1, -0.05) is 36.4 Å². The molecule has 0 atom stereocenters. The Hall–Kier alpha value is -2.04. The second kappa shape index (κ2) is 11.5. The molecule has 0 spiro atoms. The van der Waals surface area contributed by atoms with Crippen LogP contribution in [0, 0.1) is 6.92 Å². The second-order valence-corrected chi connectivity index (χ2v) is 5.85. The number of aryl methyl sites for hydroxylation is 1. The third-order valence-electron chi connectivity index (χ3n) is 3.84. The van der Waals surface area contributed by atoms with Crippen LogP contribution in [-0.4, -0.2) is 26.0 Å². The van der Waals surface area contributed by atoms with Crippen molar-refractivity contribution in [2.45, 2.75) is 26.4 Å². The standard InChI is InChI=1S/C20H26N2O2.ClH/c1-16-7-3-4-9-18(16)15-24-19-10-5-8-17(13-19)14-20(23)22-12-6-11-21-2;/h3-5,7-10,13,21H,6,11-12,14-15H2,1-2H3,(H,22,23);1H. The maximum Gasteiger partial charge on any atom is 0.224 e. The van der Waals surface area contributed by atoms with Crippen LogP contribution in [0.25, 0.3) is 0 Å². The molecule has 0 aromatic heterocycles. The molecule has 0 fully saturated rings. The van der Waals surface area contributed by atoms with Crippen molar-refractivity contribution in [3.8, 4) is 5.75 Å². The Morgan fingerprint density at radius 2 is 1.88 bits per heavy atom. The average molecular weight is 363 g/mol. The van der Waals surface area contributed by atoms with Gasteiger partial charge in [0, 0.05) is 6.54 Å². The van der Waals surface area contributed by atoms with E-state index in [2.05, 4.69) is 29.7 Å². The summed E-state index contributed by atoms with van der Waals surface area (Å²) in [6.45, 7) is 4.21. The largest absolute Gasteiger partial charge is 0.489 e. The summed E-state index contributed by atoms with van der Waals surface area (Å²) in [7, 11) is 1.91. The number of halogens is 1. The summed E-state index contributed by atoms with van der Waals surface area (Å²) in [5.74, 6) is 0.834. The molecule has 2 aromatic rings. The Morgan fingerprint density at radius 3 is 2.64 bits per heavy atom. The van der Waals surface area contributed by atoms with Crippen molar-refractivity contribution in [1.82, 2.24) is 10.6 Å². The molecule has 0 bridgehead atoms. The molecule has 0 saturated carbocycles. The van der Waals surface area contributed by atoms with E-state index in [9.17, 15) is 4.79 Å². The van der Waals surface area contributed by atoms with Crippen molar-refractivity contribution < 1.29 is 9.53 Å². The van der Waals surface area contributed by atoms with Gasteiger partial charge in [0.15, 0.2) is 0 Å². The van der Waals surface area contributed by atoms with Gasteiger partial charge >= 0.3 is 0 Å². The molecule has 0 aliphatic heterocycles. The Kier molecular flexibility index (Phi) is 9.66. The minimum atomic E-state index is 0. The monoisotopic (exact) mass is 362 g/mol. The number of rotatable bonds is 9. The fourth-order valence-corrected chi connectivity index (χ4v) is 2.42. The summed E-state index contributed by atoms with van der Waals surface area (Å²) < 4.78 is 5.87. The van der Waals surface area contributed by atoms with Gasteiger partial charge in [-0.3, -0.25) is 4.79 Å². The number of ether oxygens (including phenoxy) is 1. The van der Waals surface area contributed by atoms with E-state index >= 15 is 0 Å². The molecule has 2 N–H and O–H groups in total. The van der Waals surface area contributed by atoms with Crippen molar-refractivity contribution in [2.75, 3.05) is 20.1 Å². The van der Waals surface area contributed by atoms with Gasteiger partial charge in [-0.15, -0.1) is 12.4 Å². The Balaban J connectivity index is 0.00000312. The first kappa shape index (κ1) is 21.0. The van der Waals surface area contributed by atoms with E-state index in [-0.39, 0.29) is 18.3 Å². The van der Waals surface area contributed by atoms with Crippen molar-refractivity contribution >= 4 is 18.3 Å². The minimum Gasteiger partial charge on any atom is -0.489 e. The van der Waals surface area contributed by atoms with Crippen molar-refractivity contribution in [2.24, 2.45) is 0 Å². The van der Waals surface area contributed by atoms with Crippen molar-refractivity contribution in [3.63, 3.8) is 0 Å². The van der Waals surface area contributed by atoms with E-state index in [4.69, 9.17) is 4.74 Å². The van der Waals surface area contributed by atoms with E-state index in [0.717, 1.165) is 24.3 Å². The van der Waals surface area contributed by atoms with Gasteiger partial charge in [0.1, 0.15) is 12.4 Å². The quantitative estimate of drug-likeness (QED) is 0.673. The molecule has 1 amide bonds. The molecular weight excluding hydrogens is 336 g/mol. The molecule has 0 radical (unpaired) electrons. The fourth-order valence-electron chi connectivity index (χ4n) is 2.42. The van der Waals surface area contributed by atoms with Crippen LogP contribution in [0.2, 0.25) is 0 Å². The van der Waals surface area contributed by atoms with Crippen LogP contribution < -0.4 is 15.4 Å². The normalized spacial score (nSPS) is 10.0. The molecule has 0 unspecified atom stereocenters. The summed E-state index contributed by atoms with van der Waals surface area (Å²) in [5.41, 5.74) is 3.35. The highest BCUT2D eigenvalue weighted by atomic mass is 35.5.